The van der Waals surface area contributed by atoms with E-state index in [9.17, 15) is 4.79 Å². The van der Waals surface area contributed by atoms with Crippen molar-refractivity contribution in [2.24, 2.45) is 0 Å². The van der Waals surface area contributed by atoms with E-state index in [0.29, 0.717) is 30.4 Å². The first kappa shape index (κ1) is 21.2. The first-order valence-corrected chi connectivity index (χ1v) is 10.9. The number of fused-ring (bicyclic) bond motifs is 1. The van der Waals surface area contributed by atoms with Crippen molar-refractivity contribution in [3.8, 4) is 11.5 Å². The van der Waals surface area contributed by atoms with Gasteiger partial charge in [-0.15, -0.1) is 10.2 Å². The second kappa shape index (κ2) is 9.84. The third kappa shape index (κ3) is 4.83. The molecule has 1 saturated heterocycles. The largest absolute Gasteiger partial charge is 0.497 e. The monoisotopic (exact) mass is 440 g/mol. The Labute approximate surface area is 184 Å². The highest BCUT2D eigenvalue weighted by atomic mass is 32.2. The van der Waals surface area contributed by atoms with Crippen LogP contribution < -0.4 is 19.7 Å². The van der Waals surface area contributed by atoms with Crippen molar-refractivity contribution in [3.63, 3.8) is 0 Å². The highest BCUT2D eigenvalue weighted by molar-refractivity contribution is 8.00. The summed E-state index contributed by atoms with van der Waals surface area (Å²) >= 11 is 1.36. The summed E-state index contributed by atoms with van der Waals surface area (Å²) in [4.78, 5) is 14.8. The number of rotatable bonds is 7. The Bertz CT molecular complexity index is 1070. The number of carbonyl (C=O) groups excluding carboxylic acids is 1. The number of hydrogen-bond donors (Lipinski definition) is 1. The third-order valence-electron chi connectivity index (χ3n) is 4.97. The van der Waals surface area contributed by atoms with Crippen molar-refractivity contribution in [1.82, 2.24) is 10.2 Å². The quantitative estimate of drug-likeness (QED) is 0.561. The Morgan fingerprint density at radius 1 is 1.10 bits per heavy atom. The van der Waals surface area contributed by atoms with Gasteiger partial charge in [-0.2, -0.15) is 0 Å². The van der Waals surface area contributed by atoms with Gasteiger partial charge in [0.15, 0.2) is 5.82 Å². The van der Waals surface area contributed by atoms with E-state index in [-0.39, 0.29) is 11.7 Å². The zero-order valence-electron chi connectivity index (χ0n) is 17.5. The fourth-order valence-corrected chi connectivity index (χ4v) is 4.17. The van der Waals surface area contributed by atoms with Gasteiger partial charge in [0.25, 0.3) is 0 Å². The van der Waals surface area contributed by atoms with Gasteiger partial charge in [-0.1, -0.05) is 36.0 Å². The molecular formula is C22H24N4O4S. The lowest BCUT2D eigenvalue weighted by atomic mass is 10.2. The number of methoxy groups -OCH3 is 2. The lowest BCUT2D eigenvalue weighted by Gasteiger charge is -2.28. The van der Waals surface area contributed by atoms with E-state index in [1.807, 2.05) is 24.3 Å². The zero-order valence-corrected chi connectivity index (χ0v) is 18.3. The Hall–Kier alpha value is -3.04. The molecule has 0 saturated carbocycles. The van der Waals surface area contributed by atoms with Gasteiger partial charge >= 0.3 is 0 Å². The van der Waals surface area contributed by atoms with E-state index >= 15 is 0 Å². The minimum atomic E-state index is -0.156. The maximum atomic E-state index is 12.6. The highest BCUT2D eigenvalue weighted by Gasteiger charge is 2.18. The summed E-state index contributed by atoms with van der Waals surface area (Å²) in [5.41, 5.74) is 0.590. The number of anilines is 2. The molecule has 4 rings (SSSR count). The van der Waals surface area contributed by atoms with Crippen LogP contribution in [0.1, 0.15) is 0 Å². The smallest absolute Gasteiger partial charge is 0.234 e. The number of thioether (sulfide) groups is 1. The molecule has 0 atom stereocenters. The SMILES string of the molecule is COc1ccc(NC(=O)CSc2nnc(N3CCOCC3)c3ccccc23)c(OC)c1. The van der Waals surface area contributed by atoms with Crippen LogP contribution in [-0.4, -0.2) is 62.4 Å². The molecule has 0 radical (unpaired) electrons. The molecule has 1 aliphatic heterocycles. The predicted molar refractivity (Wildman–Crippen MR) is 121 cm³/mol. The van der Waals surface area contributed by atoms with Gasteiger partial charge in [0, 0.05) is 29.9 Å². The molecule has 2 aromatic carbocycles. The van der Waals surface area contributed by atoms with Crippen molar-refractivity contribution in [3.05, 3.63) is 42.5 Å². The van der Waals surface area contributed by atoms with Crippen molar-refractivity contribution in [2.75, 3.05) is 56.5 Å². The number of amides is 1. The molecule has 3 aromatic rings. The third-order valence-corrected chi connectivity index (χ3v) is 5.95. The van der Waals surface area contributed by atoms with Crippen LogP contribution in [0.5, 0.6) is 11.5 Å². The topological polar surface area (TPSA) is 85.8 Å². The molecule has 0 aliphatic carbocycles. The van der Waals surface area contributed by atoms with Crippen molar-refractivity contribution in [2.45, 2.75) is 5.03 Å². The molecule has 162 valence electrons. The lowest BCUT2D eigenvalue weighted by Crippen LogP contribution is -2.37. The summed E-state index contributed by atoms with van der Waals surface area (Å²) in [6.45, 7) is 2.94. The standard InChI is InChI=1S/C22H24N4O4S/c1-28-15-7-8-18(19(13-15)29-2)23-20(27)14-31-22-17-6-4-3-5-16(17)21(24-25-22)26-9-11-30-12-10-26/h3-8,13H,9-12,14H2,1-2H3,(H,23,27). The number of nitrogens with one attached hydrogen (secondary N) is 1. The molecular weight excluding hydrogens is 416 g/mol. The first-order chi connectivity index (χ1) is 15.2. The number of aromatic nitrogens is 2. The van der Waals surface area contributed by atoms with Gasteiger partial charge in [0.1, 0.15) is 16.5 Å². The van der Waals surface area contributed by atoms with Gasteiger partial charge in [-0.25, -0.2) is 0 Å². The van der Waals surface area contributed by atoms with Crippen LogP contribution in [0, 0.1) is 0 Å². The second-order valence-corrected chi connectivity index (χ2v) is 7.84. The van der Waals surface area contributed by atoms with E-state index in [1.54, 1.807) is 32.4 Å². The van der Waals surface area contributed by atoms with Crippen LogP contribution in [-0.2, 0) is 9.53 Å². The molecule has 1 aliphatic rings. The summed E-state index contributed by atoms with van der Waals surface area (Å²) in [5.74, 6) is 2.10. The minimum Gasteiger partial charge on any atom is -0.497 e. The molecule has 31 heavy (non-hydrogen) atoms. The average Bonchev–Trinajstić information content (AvgIpc) is 2.83. The van der Waals surface area contributed by atoms with Crippen molar-refractivity contribution < 1.29 is 19.0 Å². The Balaban J connectivity index is 1.48. The zero-order chi connectivity index (χ0) is 21.6. The van der Waals surface area contributed by atoms with Crippen molar-refractivity contribution in [1.29, 1.82) is 0 Å². The fraction of sp³-hybridized carbons (Fsp3) is 0.318. The Morgan fingerprint density at radius 2 is 1.87 bits per heavy atom. The molecule has 8 nitrogen and oxygen atoms in total. The maximum Gasteiger partial charge on any atom is 0.234 e. The van der Waals surface area contributed by atoms with Gasteiger partial charge in [0.05, 0.1) is 38.9 Å². The Morgan fingerprint density at radius 3 is 2.61 bits per heavy atom. The summed E-state index contributed by atoms with van der Waals surface area (Å²) in [6, 6.07) is 13.3. The Kier molecular flexibility index (Phi) is 6.73. The summed E-state index contributed by atoms with van der Waals surface area (Å²) in [6.07, 6.45) is 0. The number of carbonyl (C=O) groups is 1. The molecule has 2 heterocycles. The number of nitrogens with zero attached hydrogens (tertiary/aromatic N) is 3. The van der Waals surface area contributed by atoms with Gasteiger partial charge in [-0.05, 0) is 12.1 Å². The average molecular weight is 441 g/mol. The summed E-state index contributed by atoms with van der Waals surface area (Å²) in [5, 5.41) is 14.5. The van der Waals surface area contributed by atoms with Crippen LogP contribution in [0.15, 0.2) is 47.5 Å². The number of benzene rings is 2. The van der Waals surface area contributed by atoms with E-state index in [2.05, 4.69) is 20.4 Å². The van der Waals surface area contributed by atoms with E-state index < -0.39 is 0 Å². The van der Waals surface area contributed by atoms with Crippen LogP contribution in [0.3, 0.4) is 0 Å². The van der Waals surface area contributed by atoms with Gasteiger partial charge in [-0.3, -0.25) is 4.79 Å². The fourth-order valence-electron chi connectivity index (χ4n) is 3.40. The lowest BCUT2D eigenvalue weighted by molar-refractivity contribution is -0.113. The summed E-state index contributed by atoms with van der Waals surface area (Å²) in [7, 11) is 3.14. The predicted octanol–water partition coefficient (Wildman–Crippen LogP) is 3.21. The van der Waals surface area contributed by atoms with Crippen LogP contribution >= 0.6 is 11.8 Å². The van der Waals surface area contributed by atoms with Crippen LogP contribution in [0.25, 0.3) is 10.8 Å². The van der Waals surface area contributed by atoms with E-state index in [0.717, 1.165) is 34.7 Å². The van der Waals surface area contributed by atoms with Crippen LogP contribution in [0.4, 0.5) is 11.5 Å². The molecule has 9 heteroatoms. The number of ether oxygens (including phenoxy) is 3. The van der Waals surface area contributed by atoms with Gasteiger partial charge in [0.2, 0.25) is 5.91 Å². The maximum absolute atomic E-state index is 12.6. The minimum absolute atomic E-state index is 0.156. The van der Waals surface area contributed by atoms with E-state index in [1.165, 1.54) is 11.8 Å². The first-order valence-electron chi connectivity index (χ1n) is 9.92. The van der Waals surface area contributed by atoms with E-state index in [4.69, 9.17) is 14.2 Å². The number of hydrogen-bond acceptors (Lipinski definition) is 8. The highest BCUT2D eigenvalue weighted by Crippen LogP contribution is 2.32. The van der Waals surface area contributed by atoms with Crippen LogP contribution in [0.2, 0.25) is 0 Å². The molecule has 0 spiro atoms. The molecule has 1 fully saturated rings. The molecule has 0 unspecified atom stereocenters. The molecule has 1 N–H and O–H groups in total. The number of morpholine rings is 1. The molecule has 1 amide bonds. The second-order valence-electron chi connectivity index (χ2n) is 6.88. The molecule has 1 aromatic heterocycles. The van der Waals surface area contributed by atoms with Crippen molar-refractivity contribution >= 4 is 39.9 Å². The normalized spacial score (nSPS) is 13.8. The van der Waals surface area contributed by atoms with Gasteiger partial charge < -0.3 is 24.4 Å². The summed E-state index contributed by atoms with van der Waals surface area (Å²) < 4.78 is 16.0. The molecule has 0 bridgehead atoms.